The number of carbonyl (C=O) groups excluding carboxylic acids is 2. The van der Waals surface area contributed by atoms with E-state index < -0.39 is 17.9 Å². The number of anilines is 1. The Hall–Kier alpha value is -2.83. The lowest BCUT2D eigenvalue weighted by molar-refractivity contribution is -0.143. The molecule has 0 aliphatic rings. The quantitative estimate of drug-likeness (QED) is 0.708. The fourth-order valence-electron chi connectivity index (χ4n) is 1.72. The van der Waals surface area contributed by atoms with Crippen molar-refractivity contribution in [1.29, 1.82) is 0 Å². The number of carbonyl (C=O) groups is 2. The molecule has 0 fully saturated rings. The Bertz CT molecular complexity index is 609. The number of rotatable bonds is 4. The average molecular weight is 274 g/mol. The van der Waals surface area contributed by atoms with E-state index in [9.17, 15) is 9.59 Å². The van der Waals surface area contributed by atoms with Crippen LogP contribution < -0.4 is 11.1 Å². The van der Waals surface area contributed by atoms with Gasteiger partial charge in [-0.1, -0.05) is 30.3 Å². The number of nitrogens with two attached hydrogens (primary N) is 1. The second-order valence-electron chi connectivity index (χ2n) is 4.04. The number of ether oxygens (including phenoxy) is 1. The van der Waals surface area contributed by atoms with Gasteiger partial charge in [-0.05, 0) is 5.56 Å². The highest BCUT2D eigenvalue weighted by Crippen LogP contribution is 2.16. The van der Waals surface area contributed by atoms with Crippen molar-refractivity contribution in [2.75, 3.05) is 12.8 Å². The number of hydrogen-bond donors (Lipinski definition) is 3. The van der Waals surface area contributed by atoms with Crippen LogP contribution >= 0.6 is 0 Å². The lowest BCUT2D eigenvalue weighted by Crippen LogP contribution is -2.35. The number of aromatic amines is 1. The maximum atomic E-state index is 12.1. The van der Waals surface area contributed by atoms with Crippen molar-refractivity contribution in [3.8, 4) is 0 Å². The van der Waals surface area contributed by atoms with Gasteiger partial charge in [0.15, 0.2) is 6.04 Å². The van der Waals surface area contributed by atoms with Gasteiger partial charge in [0.25, 0.3) is 5.91 Å². The molecule has 1 atom stereocenters. The van der Waals surface area contributed by atoms with Gasteiger partial charge in [0, 0.05) is 0 Å². The van der Waals surface area contributed by atoms with E-state index in [0.717, 1.165) is 0 Å². The third-order valence-electron chi connectivity index (χ3n) is 2.74. The van der Waals surface area contributed by atoms with Crippen molar-refractivity contribution in [3.63, 3.8) is 0 Å². The minimum absolute atomic E-state index is 0.106. The number of esters is 1. The molecular formula is C13H14N4O3. The summed E-state index contributed by atoms with van der Waals surface area (Å²) < 4.78 is 4.70. The summed E-state index contributed by atoms with van der Waals surface area (Å²) in [6, 6.07) is 7.88. The molecule has 0 radical (unpaired) electrons. The van der Waals surface area contributed by atoms with E-state index in [2.05, 4.69) is 15.5 Å². The Morgan fingerprint density at radius 3 is 2.60 bits per heavy atom. The SMILES string of the molecule is COC(=O)C(NC(=O)c1[nH]ncc1N)c1ccccc1. The number of nitrogen functional groups attached to an aromatic ring is 1. The monoisotopic (exact) mass is 274 g/mol. The van der Waals surface area contributed by atoms with Crippen LogP contribution in [0.5, 0.6) is 0 Å². The molecule has 1 aromatic heterocycles. The summed E-state index contributed by atoms with van der Waals surface area (Å²) in [5.74, 6) is -1.10. The minimum atomic E-state index is -0.906. The van der Waals surface area contributed by atoms with Crippen molar-refractivity contribution in [3.05, 3.63) is 47.8 Å². The molecule has 1 heterocycles. The summed E-state index contributed by atoms with van der Waals surface area (Å²) in [4.78, 5) is 23.9. The van der Waals surface area contributed by atoms with Gasteiger partial charge < -0.3 is 15.8 Å². The first kappa shape index (κ1) is 13.6. The molecular weight excluding hydrogens is 260 g/mol. The smallest absolute Gasteiger partial charge is 0.333 e. The summed E-state index contributed by atoms with van der Waals surface area (Å²) in [6.45, 7) is 0. The molecule has 7 heteroatoms. The van der Waals surface area contributed by atoms with Gasteiger partial charge in [0.05, 0.1) is 19.0 Å². The lowest BCUT2D eigenvalue weighted by Gasteiger charge is -2.16. The second-order valence-corrected chi connectivity index (χ2v) is 4.04. The highest BCUT2D eigenvalue weighted by molar-refractivity contribution is 5.99. The Balaban J connectivity index is 2.23. The molecule has 1 aromatic carbocycles. The number of methoxy groups -OCH3 is 1. The van der Waals surface area contributed by atoms with E-state index in [1.54, 1.807) is 24.3 Å². The van der Waals surface area contributed by atoms with Gasteiger partial charge in [-0.3, -0.25) is 9.89 Å². The number of nitrogens with one attached hydrogen (secondary N) is 2. The van der Waals surface area contributed by atoms with Crippen molar-refractivity contribution >= 4 is 17.6 Å². The minimum Gasteiger partial charge on any atom is -0.467 e. The van der Waals surface area contributed by atoms with Gasteiger partial charge in [0.1, 0.15) is 5.69 Å². The molecule has 20 heavy (non-hydrogen) atoms. The van der Waals surface area contributed by atoms with Crippen LogP contribution in [0.3, 0.4) is 0 Å². The third kappa shape index (κ3) is 2.77. The first-order valence-electron chi connectivity index (χ1n) is 5.86. The molecule has 4 N–H and O–H groups in total. The highest BCUT2D eigenvalue weighted by Gasteiger charge is 2.25. The molecule has 0 spiro atoms. The van der Waals surface area contributed by atoms with Crippen LogP contribution in [0.25, 0.3) is 0 Å². The summed E-state index contributed by atoms with van der Waals surface area (Å²) in [7, 11) is 1.26. The predicted molar refractivity (Wildman–Crippen MR) is 71.7 cm³/mol. The van der Waals surface area contributed by atoms with E-state index in [0.29, 0.717) is 5.56 Å². The molecule has 1 amide bonds. The van der Waals surface area contributed by atoms with E-state index in [1.807, 2.05) is 6.07 Å². The highest BCUT2D eigenvalue weighted by atomic mass is 16.5. The zero-order chi connectivity index (χ0) is 14.5. The van der Waals surface area contributed by atoms with Crippen LogP contribution in [0.15, 0.2) is 36.5 Å². The third-order valence-corrected chi connectivity index (χ3v) is 2.74. The van der Waals surface area contributed by atoms with Crippen LogP contribution in [-0.4, -0.2) is 29.2 Å². The maximum absolute atomic E-state index is 12.1. The number of amides is 1. The van der Waals surface area contributed by atoms with Gasteiger partial charge in [0.2, 0.25) is 0 Å². The molecule has 0 bridgehead atoms. The molecule has 0 aliphatic heterocycles. The standard InChI is InChI=1S/C13H14N4O3/c1-20-13(19)10(8-5-3-2-4-6-8)16-12(18)11-9(14)7-15-17-11/h2-7,10H,14H2,1H3,(H,15,17)(H,16,18). The molecule has 2 rings (SSSR count). The zero-order valence-electron chi connectivity index (χ0n) is 10.8. The van der Waals surface area contributed by atoms with Gasteiger partial charge in [-0.25, -0.2) is 4.79 Å². The summed E-state index contributed by atoms with van der Waals surface area (Å²) in [5.41, 5.74) is 6.52. The van der Waals surface area contributed by atoms with E-state index in [1.165, 1.54) is 13.3 Å². The Kier molecular flexibility index (Phi) is 3.99. The normalized spacial score (nSPS) is 11.7. The van der Waals surface area contributed by atoms with Crippen molar-refractivity contribution < 1.29 is 14.3 Å². The van der Waals surface area contributed by atoms with Crippen molar-refractivity contribution in [1.82, 2.24) is 15.5 Å². The van der Waals surface area contributed by atoms with Crippen LogP contribution in [0, 0.1) is 0 Å². The van der Waals surface area contributed by atoms with Crippen molar-refractivity contribution in [2.24, 2.45) is 0 Å². The molecule has 1 unspecified atom stereocenters. The molecule has 0 saturated carbocycles. The van der Waals surface area contributed by atoms with E-state index in [-0.39, 0.29) is 11.4 Å². The molecule has 0 saturated heterocycles. The fourth-order valence-corrected chi connectivity index (χ4v) is 1.72. The number of benzene rings is 1. The van der Waals surface area contributed by atoms with Crippen LogP contribution in [0.4, 0.5) is 5.69 Å². The van der Waals surface area contributed by atoms with Gasteiger partial charge in [-0.15, -0.1) is 0 Å². The largest absolute Gasteiger partial charge is 0.467 e. The summed E-state index contributed by atoms with van der Waals surface area (Å²) in [5, 5.41) is 8.70. The average Bonchev–Trinajstić information content (AvgIpc) is 2.91. The van der Waals surface area contributed by atoms with Crippen molar-refractivity contribution in [2.45, 2.75) is 6.04 Å². The molecule has 104 valence electrons. The van der Waals surface area contributed by atoms with E-state index >= 15 is 0 Å². The Labute approximate surface area is 115 Å². The summed E-state index contributed by atoms with van der Waals surface area (Å²) >= 11 is 0. The molecule has 0 aliphatic carbocycles. The molecule has 2 aromatic rings. The second kappa shape index (κ2) is 5.87. The number of nitrogens with zero attached hydrogens (tertiary/aromatic N) is 1. The van der Waals surface area contributed by atoms with Gasteiger partial charge in [-0.2, -0.15) is 5.10 Å². The molecule has 7 nitrogen and oxygen atoms in total. The Morgan fingerprint density at radius 1 is 1.35 bits per heavy atom. The van der Waals surface area contributed by atoms with Crippen LogP contribution in [0.2, 0.25) is 0 Å². The predicted octanol–water partition coefficient (Wildman–Crippen LogP) is 0.636. The topological polar surface area (TPSA) is 110 Å². The van der Waals surface area contributed by atoms with Crippen LogP contribution in [0.1, 0.15) is 22.1 Å². The Morgan fingerprint density at radius 2 is 2.05 bits per heavy atom. The number of hydrogen-bond acceptors (Lipinski definition) is 5. The van der Waals surface area contributed by atoms with Crippen LogP contribution in [-0.2, 0) is 9.53 Å². The summed E-state index contributed by atoms with van der Waals surface area (Å²) in [6.07, 6.45) is 1.32. The zero-order valence-corrected chi connectivity index (χ0v) is 10.8. The first-order chi connectivity index (χ1) is 9.63. The maximum Gasteiger partial charge on any atom is 0.333 e. The van der Waals surface area contributed by atoms with E-state index in [4.69, 9.17) is 10.5 Å². The lowest BCUT2D eigenvalue weighted by atomic mass is 10.1. The first-order valence-corrected chi connectivity index (χ1v) is 5.86. The number of aromatic nitrogens is 2. The fraction of sp³-hybridized carbons (Fsp3) is 0.154. The van der Waals surface area contributed by atoms with Gasteiger partial charge >= 0.3 is 5.97 Å². The number of H-pyrrole nitrogens is 1.